The molecule has 0 spiro atoms. The Labute approximate surface area is 72.4 Å². The molecule has 0 aromatic carbocycles. The molecule has 0 unspecified atom stereocenters. The third kappa shape index (κ3) is 3.67. The Bertz CT molecular complexity index is 143. The van der Waals surface area contributed by atoms with Crippen LogP contribution < -0.4 is 0 Å². The van der Waals surface area contributed by atoms with Crippen molar-refractivity contribution < 1.29 is 0 Å². The van der Waals surface area contributed by atoms with Gasteiger partial charge in [0.15, 0.2) is 0 Å². The maximum absolute atomic E-state index is 4.02. The van der Waals surface area contributed by atoms with Crippen LogP contribution in [0, 0.1) is 6.92 Å². The molecule has 0 aliphatic rings. The summed E-state index contributed by atoms with van der Waals surface area (Å²) in [6.07, 6.45) is 3.91. The van der Waals surface area contributed by atoms with E-state index >= 15 is 0 Å². The molecular weight excluding hydrogens is 304 g/mol. The molecule has 1 aromatic heterocycles. The van der Waals surface area contributed by atoms with Gasteiger partial charge in [0.1, 0.15) is 0 Å². The fourth-order valence-corrected chi connectivity index (χ4v) is 1.54. The molecule has 0 saturated heterocycles. The van der Waals surface area contributed by atoms with Crippen molar-refractivity contribution in [3.63, 3.8) is 0 Å². The van der Waals surface area contributed by atoms with Gasteiger partial charge in [0.2, 0.25) is 0 Å². The number of hydrogen-bond acceptors (Lipinski definition) is 1. The van der Waals surface area contributed by atoms with Gasteiger partial charge < -0.3 is 0 Å². The minimum absolute atomic E-state index is 0.867. The van der Waals surface area contributed by atoms with E-state index in [4.69, 9.17) is 0 Å². The zero-order valence-corrected chi connectivity index (χ0v) is 10.6. The molecule has 0 fully saturated rings. The molecule has 0 atom stereocenters. The van der Waals surface area contributed by atoms with E-state index in [0.29, 0.717) is 0 Å². The molecule has 0 bridgehead atoms. The molecular formula is C6H11N2Tl. The summed E-state index contributed by atoms with van der Waals surface area (Å²) in [5.74, 6) is 0. The summed E-state index contributed by atoms with van der Waals surface area (Å²) in [5.41, 5.74) is 1.11. The number of aromatic nitrogens is 2. The molecule has 0 radical (unpaired) electrons. The van der Waals surface area contributed by atoms with Crippen LogP contribution in [0.5, 0.6) is 0 Å². The summed E-state index contributed by atoms with van der Waals surface area (Å²) in [4.78, 5) is 4.02. The van der Waals surface area contributed by atoms with E-state index in [2.05, 4.69) is 7.36 Å². The molecule has 0 aliphatic carbocycles. The Kier molecular flexibility index (Phi) is 5.03. The summed E-state index contributed by atoms with van der Waals surface area (Å²) < 4.78 is 2.09. The normalized spacial score (nSPS) is 7.78. The molecule has 3 heteroatoms. The zero-order chi connectivity index (χ0) is 7.28. The second-order valence-corrected chi connectivity index (χ2v) is 3.78. The fraction of sp³-hybridized carbons (Fsp3) is 0.500. The van der Waals surface area contributed by atoms with Crippen molar-refractivity contribution in [3.05, 3.63) is 18.2 Å². The zero-order valence-electron chi connectivity index (χ0n) is 6.13. The SMILES string of the molecule is CC.Cc1c[n]([Tl])cn1. The average molecular weight is 316 g/mol. The molecule has 1 heterocycles. The van der Waals surface area contributed by atoms with Crippen LogP contribution in [0.3, 0.4) is 0 Å². The van der Waals surface area contributed by atoms with E-state index < -0.39 is 0 Å². The van der Waals surface area contributed by atoms with Crippen LogP contribution in [-0.4, -0.2) is 33.4 Å². The van der Waals surface area contributed by atoms with E-state index in [0.717, 1.165) is 31.8 Å². The van der Waals surface area contributed by atoms with Gasteiger partial charge in [-0.15, -0.1) is 0 Å². The third-order valence-corrected chi connectivity index (χ3v) is 1.83. The number of nitrogens with zero attached hydrogens (tertiary/aromatic N) is 2. The van der Waals surface area contributed by atoms with Crippen molar-refractivity contribution >= 4 is 26.1 Å². The van der Waals surface area contributed by atoms with Crippen molar-refractivity contribution in [2.24, 2.45) is 0 Å². The van der Waals surface area contributed by atoms with Crippen molar-refractivity contribution in [2.45, 2.75) is 20.8 Å². The quantitative estimate of drug-likeness (QED) is 0.657. The predicted octanol–water partition coefficient (Wildman–Crippen LogP) is 1.15. The monoisotopic (exact) mass is 316 g/mol. The van der Waals surface area contributed by atoms with E-state index in [1.54, 1.807) is 0 Å². The van der Waals surface area contributed by atoms with Crippen LogP contribution in [0.1, 0.15) is 19.5 Å². The molecule has 0 amide bonds. The number of imidazole rings is 1. The Balaban J connectivity index is 0.000000291. The molecule has 48 valence electrons. The maximum atomic E-state index is 4.02. The van der Waals surface area contributed by atoms with Gasteiger partial charge in [0.05, 0.1) is 0 Å². The van der Waals surface area contributed by atoms with Crippen molar-refractivity contribution in [2.75, 3.05) is 0 Å². The van der Waals surface area contributed by atoms with Gasteiger partial charge >= 0.3 is 58.6 Å². The Morgan fingerprint density at radius 2 is 2.11 bits per heavy atom. The van der Waals surface area contributed by atoms with Crippen LogP contribution >= 0.6 is 0 Å². The first-order chi connectivity index (χ1) is 4.29. The van der Waals surface area contributed by atoms with Crippen LogP contribution in [0.15, 0.2) is 12.5 Å². The summed E-state index contributed by atoms with van der Waals surface area (Å²) in [7, 11) is 0. The molecule has 0 aliphatic heterocycles. The first-order valence-electron chi connectivity index (χ1n) is 3.05. The number of aryl methyl sites for hydroxylation is 1. The first kappa shape index (κ1) is 9.13. The van der Waals surface area contributed by atoms with E-state index in [-0.39, 0.29) is 0 Å². The van der Waals surface area contributed by atoms with Gasteiger partial charge in [-0.25, -0.2) is 0 Å². The first-order valence-corrected chi connectivity index (χ1v) is 5.05. The standard InChI is InChI=1S/C4H5N2.C2H6.Tl/c1-4-2-5-3-6-4;1-2;/h2-3H,1H3;1-2H3;/q-1;;+1. The van der Waals surface area contributed by atoms with Crippen molar-refractivity contribution in [1.82, 2.24) is 7.36 Å². The van der Waals surface area contributed by atoms with Crippen LogP contribution in [0.25, 0.3) is 0 Å². The van der Waals surface area contributed by atoms with Gasteiger partial charge in [-0.2, -0.15) is 0 Å². The Morgan fingerprint density at radius 3 is 2.22 bits per heavy atom. The van der Waals surface area contributed by atoms with Crippen LogP contribution in [-0.2, 0) is 0 Å². The van der Waals surface area contributed by atoms with Gasteiger partial charge in [-0.3, -0.25) is 0 Å². The third-order valence-electron chi connectivity index (χ3n) is 0.731. The van der Waals surface area contributed by atoms with Gasteiger partial charge in [0, 0.05) is 0 Å². The summed E-state index contributed by atoms with van der Waals surface area (Å²) >= 11 is 0.867. The van der Waals surface area contributed by atoms with E-state index in [9.17, 15) is 0 Å². The number of hydrogen-bond donors (Lipinski definition) is 0. The van der Waals surface area contributed by atoms with Gasteiger partial charge in [-0.05, 0) is 0 Å². The summed E-state index contributed by atoms with van der Waals surface area (Å²) in [6, 6.07) is 0. The van der Waals surface area contributed by atoms with Gasteiger partial charge in [-0.1, -0.05) is 13.8 Å². The average Bonchev–Trinajstić information content (AvgIpc) is 2.20. The fourth-order valence-electron chi connectivity index (χ4n) is 0.440. The summed E-state index contributed by atoms with van der Waals surface area (Å²) in [6.45, 7) is 6.00. The number of rotatable bonds is 0. The Morgan fingerprint density at radius 1 is 1.56 bits per heavy atom. The molecule has 1 rings (SSSR count). The Hall–Kier alpha value is 0.132. The van der Waals surface area contributed by atoms with E-state index in [1.807, 2.05) is 33.3 Å². The van der Waals surface area contributed by atoms with E-state index in [1.165, 1.54) is 0 Å². The second kappa shape index (κ2) is 4.96. The molecule has 2 nitrogen and oxygen atoms in total. The van der Waals surface area contributed by atoms with Gasteiger partial charge in [0.25, 0.3) is 0 Å². The van der Waals surface area contributed by atoms with Crippen LogP contribution in [0.2, 0.25) is 0 Å². The molecule has 1 aromatic rings. The topological polar surface area (TPSA) is 17.8 Å². The summed E-state index contributed by atoms with van der Waals surface area (Å²) in [5, 5.41) is 0. The molecule has 0 saturated carbocycles. The predicted molar refractivity (Wildman–Crippen MR) is 39.5 cm³/mol. The van der Waals surface area contributed by atoms with Crippen molar-refractivity contribution in [1.29, 1.82) is 0 Å². The molecule has 0 N–H and O–H groups in total. The van der Waals surface area contributed by atoms with Crippen molar-refractivity contribution in [3.8, 4) is 0 Å². The molecule has 9 heavy (non-hydrogen) atoms. The van der Waals surface area contributed by atoms with Crippen LogP contribution in [0.4, 0.5) is 0 Å². The minimum atomic E-state index is 0.867. The second-order valence-electron chi connectivity index (χ2n) is 1.46.